The van der Waals surface area contributed by atoms with Crippen molar-refractivity contribution >= 4 is 27.0 Å². The monoisotopic (exact) mass is 258 g/mol. The highest BCUT2D eigenvalue weighted by molar-refractivity contribution is 7.92. The topological polar surface area (TPSA) is 101 Å². The number of nitrogens with two attached hydrogens (primary N) is 1. The van der Waals surface area contributed by atoms with Crippen LogP contribution in [0.25, 0.3) is 0 Å². The molecule has 0 spiro atoms. The van der Waals surface area contributed by atoms with Crippen LogP contribution in [0.5, 0.6) is 0 Å². The Bertz CT molecular complexity index is 559. The van der Waals surface area contributed by atoms with E-state index in [1.807, 2.05) is 0 Å². The fourth-order valence-corrected chi connectivity index (χ4v) is 3.32. The van der Waals surface area contributed by atoms with E-state index in [0.29, 0.717) is 12.2 Å². The van der Waals surface area contributed by atoms with Gasteiger partial charge in [-0.3, -0.25) is 9.82 Å². The zero-order valence-electron chi connectivity index (χ0n) is 8.17. The summed E-state index contributed by atoms with van der Waals surface area (Å²) in [6.45, 7) is 0.339. The first-order valence-electron chi connectivity index (χ1n) is 4.41. The number of nitrogens with zero attached hydrogens (tertiary/aromatic N) is 1. The van der Waals surface area contributed by atoms with E-state index >= 15 is 0 Å². The van der Waals surface area contributed by atoms with E-state index in [4.69, 9.17) is 5.73 Å². The Kier molecular flexibility index (Phi) is 2.95. The first kappa shape index (κ1) is 11.1. The van der Waals surface area contributed by atoms with E-state index in [2.05, 4.69) is 14.9 Å². The van der Waals surface area contributed by atoms with Crippen molar-refractivity contribution in [2.24, 2.45) is 5.73 Å². The summed E-state index contributed by atoms with van der Waals surface area (Å²) in [5, 5.41) is 7.74. The maximum Gasteiger partial charge on any atom is 0.262 e. The van der Waals surface area contributed by atoms with Gasteiger partial charge in [-0.25, -0.2) is 8.42 Å². The highest BCUT2D eigenvalue weighted by Crippen LogP contribution is 2.21. The van der Waals surface area contributed by atoms with Crippen LogP contribution in [0.1, 0.15) is 4.88 Å². The number of thiophene rings is 1. The summed E-state index contributed by atoms with van der Waals surface area (Å²) in [5.41, 5.74) is 5.83. The van der Waals surface area contributed by atoms with Crippen molar-refractivity contribution in [2.75, 3.05) is 4.72 Å². The maximum atomic E-state index is 11.8. The lowest BCUT2D eigenvalue weighted by Crippen LogP contribution is -2.11. The molecule has 6 nitrogen and oxygen atoms in total. The number of rotatable bonds is 4. The Labute approximate surface area is 96.5 Å². The molecular formula is C8H10N4O2S2. The van der Waals surface area contributed by atoms with Crippen molar-refractivity contribution in [1.82, 2.24) is 10.2 Å². The number of hydrogen-bond acceptors (Lipinski definition) is 5. The number of nitrogens with one attached hydrogen (secondary N) is 2. The summed E-state index contributed by atoms with van der Waals surface area (Å²) < 4.78 is 26.1. The molecule has 0 aliphatic carbocycles. The van der Waals surface area contributed by atoms with Crippen LogP contribution in [0, 0.1) is 0 Å². The van der Waals surface area contributed by atoms with Crippen LogP contribution in [-0.2, 0) is 16.6 Å². The molecule has 2 rings (SSSR count). The van der Waals surface area contributed by atoms with Gasteiger partial charge in [-0.2, -0.15) is 5.10 Å². The summed E-state index contributed by atoms with van der Waals surface area (Å²) in [4.78, 5) is 1.05. The first-order valence-corrected chi connectivity index (χ1v) is 6.77. The van der Waals surface area contributed by atoms with Crippen LogP contribution < -0.4 is 10.5 Å². The predicted octanol–water partition coefficient (Wildman–Crippen LogP) is 0.731. The number of aromatic amines is 1. The normalized spacial score (nSPS) is 11.6. The van der Waals surface area contributed by atoms with Gasteiger partial charge in [-0.15, -0.1) is 11.3 Å². The van der Waals surface area contributed by atoms with Crippen molar-refractivity contribution in [3.05, 3.63) is 28.7 Å². The lowest BCUT2D eigenvalue weighted by atomic mass is 10.5. The van der Waals surface area contributed by atoms with Gasteiger partial charge in [0.15, 0.2) is 0 Å². The number of H-pyrrole nitrogens is 1. The second-order valence-electron chi connectivity index (χ2n) is 3.05. The molecule has 2 heterocycles. The van der Waals surface area contributed by atoms with Crippen LogP contribution in [-0.4, -0.2) is 18.6 Å². The fourth-order valence-electron chi connectivity index (χ4n) is 1.13. The summed E-state index contributed by atoms with van der Waals surface area (Å²) >= 11 is 1.32. The van der Waals surface area contributed by atoms with Gasteiger partial charge in [0.1, 0.15) is 0 Å². The van der Waals surface area contributed by atoms with Crippen molar-refractivity contribution < 1.29 is 8.42 Å². The van der Waals surface area contributed by atoms with Gasteiger partial charge >= 0.3 is 0 Å². The Morgan fingerprint density at radius 2 is 2.38 bits per heavy atom. The van der Waals surface area contributed by atoms with Gasteiger partial charge in [-0.1, -0.05) is 0 Å². The second kappa shape index (κ2) is 4.24. The van der Waals surface area contributed by atoms with E-state index in [1.54, 1.807) is 11.4 Å². The molecule has 0 unspecified atom stereocenters. The highest BCUT2D eigenvalue weighted by Gasteiger charge is 2.16. The summed E-state index contributed by atoms with van der Waals surface area (Å²) in [7, 11) is -3.53. The predicted molar refractivity (Wildman–Crippen MR) is 61.6 cm³/mol. The number of sulfonamides is 1. The minimum absolute atomic E-state index is 0.221. The third-order valence-corrected chi connectivity index (χ3v) is 4.36. The van der Waals surface area contributed by atoms with Crippen LogP contribution in [0.3, 0.4) is 0 Å². The lowest BCUT2D eigenvalue weighted by molar-refractivity contribution is 0.601. The highest BCUT2D eigenvalue weighted by atomic mass is 32.2. The summed E-state index contributed by atoms with van der Waals surface area (Å²) in [5.74, 6) is 0. The Hall–Kier alpha value is -1.38. The van der Waals surface area contributed by atoms with Crippen molar-refractivity contribution in [3.63, 3.8) is 0 Å². The Balaban J connectivity index is 2.25. The zero-order chi connectivity index (χ0) is 11.6. The first-order chi connectivity index (χ1) is 7.62. The molecular weight excluding hydrogens is 248 g/mol. The number of hydrogen-bond donors (Lipinski definition) is 3. The van der Waals surface area contributed by atoms with E-state index in [1.165, 1.54) is 23.7 Å². The average molecular weight is 258 g/mol. The molecule has 16 heavy (non-hydrogen) atoms. The lowest BCUT2D eigenvalue weighted by Gasteiger charge is -2.02. The largest absolute Gasteiger partial charge is 0.326 e. The van der Waals surface area contributed by atoms with Crippen molar-refractivity contribution in [1.29, 1.82) is 0 Å². The molecule has 0 bridgehead atoms. The fraction of sp³-hybridized carbons (Fsp3) is 0.125. The molecule has 0 atom stereocenters. The van der Waals surface area contributed by atoms with Crippen molar-refractivity contribution in [3.8, 4) is 0 Å². The van der Waals surface area contributed by atoms with Gasteiger partial charge < -0.3 is 5.73 Å². The van der Waals surface area contributed by atoms with Crippen LogP contribution in [0.4, 0.5) is 5.69 Å². The molecule has 2 aromatic rings. The molecule has 0 aliphatic rings. The molecule has 0 saturated carbocycles. The molecule has 8 heteroatoms. The number of aromatic nitrogens is 2. The van der Waals surface area contributed by atoms with E-state index in [0.717, 1.165) is 4.88 Å². The van der Waals surface area contributed by atoms with Crippen LogP contribution in [0.15, 0.2) is 28.7 Å². The van der Waals surface area contributed by atoms with E-state index in [-0.39, 0.29) is 4.90 Å². The minimum Gasteiger partial charge on any atom is -0.326 e. The molecule has 0 aliphatic heterocycles. The maximum absolute atomic E-state index is 11.8. The average Bonchev–Trinajstić information content (AvgIpc) is 2.85. The zero-order valence-corrected chi connectivity index (χ0v) is 9.81. The standard InChI is InChI=1S/C8H10N4O2S2/c9-2-7-1-8(5-15-7)16(13,14)12-6-3-10-11-4-6/h1,3-5,12H,2,9H2,(H,10,11). The van der Waals surface area contributed by atoms with Gasteiger partial charge in [0.05, 0.1) is 16.8 Å². The Morgan fingerprint density at radius 3 is 2.94 bits per heavy atom. The molecule has 0 saturated heterocycles. The smallest absolute Gasteiger partial charge is 0.262 e. The molecule has 4 N–H and O–H groups in total. The third-order valence-electron chi connectivity index (χ3n) is 1.89. The van der Waals surface area contributed by atoms with Gasteiger partial charge in [-0.05, 0) is 6.07 Å². The van der Waals surface area contributed by atoms with Gasteiger partial charge in [0, 0.05) is 23.0 Å². The summed E-state index contributed by atoms with van der Waals surface area (Å²) in [6.07, 6.45) is 2.86. The van der Waals surface area contributed by atoms with Crippen LogP contribution in [0.2, 0.25) is 0 Å². The van der Waals surface area contributed by atoms with Crippen molar-refractivity contribution in [2.45, 2.75) is 11.4 Å². The molecule has 0 radical (unpaired) electrons. The molecule has 2 aromatic heterocycles. The molecule has 0 fully saturated rings. The minimum atomic E-state index is -3.53. The SMILES string of the molecule is NCc1cc(S(=O)(=O)Nc2cn[nH]c2)cs1. The molecule has 0 aromatic carbocycles. The van der Waals surface area contributed by atoms with Gasteiger partial charge in [0.25, 0.3) is 10.0 Å². The summed E-state index contributed by atoms with van der Waals surface area (Å²) in [6, 6.07) is 1.56. The Morgan fingerprint density at radius 1 is 1.56 bits per heavy atom. The van der Waals surface area contributed by atoms with E-state index in [9.17, 15) is 8.42 Å². The molecule has 86 valence electrons. The molecule has 0 amide bonds. The van der Waals surface area contributed by atoms with E-state index < -0.39 is 10.0 Å². The third kappa shape index (κ3) is 2.23. The van der Waals surface area contributed by atoms with Crippen LogP contribution >= 0.6 is 11.3 Å². The second-order valence-corrected chi connectivity index (χ2v) is 5.72. The quantitative estimate of drug-likeness (QED) is 0.752. The van der Waals surface area contributed by atoms with Gasteiger partial charge in [0.2, 0.25) is 0 Å². The number of anilines is 1.